The second-order valence-electron chi connectivity index (χ2n) is 6.91. The number of benzene rings is 1. The van der Waals surface area contributed by atoms with Crippen LogP contribution >= 0.6 is 11.6 Å². The van der Waals surface area contributed by atoms with Gasteiger partial charge in [-0.25, -0.2) is 9.37 Å². The van der Waals surface area contributed by atoms with E-state index in [9.17, 15) is 14.4 Å². The van der Waals surface area contributed by atoms with E-state index in [1.807, 2.05) is 0 Å². The number of methoxy groups -OCH3 is 2. The molecule has 0 saturated carbocycles. The summed E-state index contributed by atoms with van der Waals surface area (Å²) < 4.78 is 29.8. The Morgan fingerprint density at radius 2 is 2.03 bits per heavy atom. The largest absolute Gasteiger partial charge is 0.495 e. The predicted molar refractivity (Wildman–Crippen MR) is 109 cm³/mol. The van der Waals surface area contributed by atoms with Crippen LogP contribution in [0, 0.1) is 5.82 Å². The first-order chi connectivity index (χ1) is 14.7. The highest BCUT2D eigenvalue weighted by Crippen LogP contribution is 2.44. The average Bonchev–Trinajstić information content (AvgIpc) is 3.08. The smallest absolute Gasteiger partial charge is 0.303 e. The fourth-order valence-electron chi connectivity index (χ4n) is 3.58. The Kier molecular flexibility index (Phi) is 6.61. The molecule has 0 radical (unpaired) electrons. The predicted octanol–water partition coefficient (Wildman–Crippen LogP) is 2.59. The number of esters is 1. The van der Waals surface area contributed by atoms with Crippen LogP contribution in [0.3, 0.4) is 0 Å². The van der Waals surface area contributed by atoms with Crippen molar-refractivity contribution in [3.8, 4) is 5.75 Å². The van der Waals surface area contributed by atoms with E-state index in [0.717, 1.165) is 0 Å². The molecule has 11 heteroatoms. The summed E-state index contributed by atoms with van der Waals surface area (Å²) >= 11 is 6.06. The maximum absolute atomic E-state index is 15.0. The first-order valence-electron chi connectivity index (χ1n) is 9.29. The third kappa shape index (κ3) is 4.26. The van der Waals surface area contributed by atoms with Crippen LogP contribution in [0.15, 0.2) is 6.07 Å². The minimum atomic E-state index is -0.817. The van der Waals surface area contributed by atoms with Crippen LogP contribution in [0.5, 0.6) is 5.75 Å². The zero-order valence-corrected chi connectivity index (χ0v) is 18.1. The monoisotopic (exact) mass is 453 g/mol. The van der Waals surface area contributed by atoms with E-state index in [1.165, 1.54) is 26.0 Å². The van der Waals surface area contributed by atoms with Gasteiger partial charge in [-0.3, -0.25) is 14.4 Å². The summed E-state index contributed by atoms with van der Waals surface area (Å²) in [4.78, 5) is 41.5. The van der Waals surface area contributed by atoms with Crippen LogP contribution in [0.1, 0.15) is 31.0 Å². The number of fused-ring (bicyclic) bond motifs is 3. The molecule has 1 aliphatic rings. The van der Waals surface area contributed by atoms with Crippen molar-refractivity contribution in [3.05, 3.63) is 28.0 Å². The molecular weight excluding hydrogens is 433 g/mol. The molecule has 0 bridgehead atoms. The number of anilines is 1. The topological polar surface area (TPSA) is 107 Å². The molecular formula is C20H21ClFN3O6. The van der Waals surface area contributed by atoms with Gasteiger partial charge in [0.2, 0.25) is 5.91 Å². The standard InChI is InChI=1S/C20H21ClFN3O6/c1-9-16-11-5-13(30-4)17(21)18(22)19(11)24-20(23-14(27)7-31-10(2)26)12(16)6-25(9)15(28)8-29-3/h5,9H,6-8H2,1-4H3,(H,23,24,27)/t9-/m0/s1. The Bertz CT molecular complexity index is 1080. The molecule has 2 amide bonds. The summed E-state index contributed by atoms with van der Waals surface area (Å²) in [5.41, 5.74) is 1.05. The van der Waals surface area contributed by atoms with Gasteiger partial charge in [0, 0.05) is 25.0 Å². The maximum atomic E-state index is 15.0. The van der Waals surface area contributed by atoms with Gasteiger partial charge in [-0.2, -0.15) is 0 Å². The van der Waals surface area contributed by atoms with Crippen molar-refractivity contribution in [3.63, 3.8) is 0 Å². The lowest BCUT2D eigenvalue weighted by atomic mass is 9.99. The molecule has 1 aromatic heterocycles. The van der Waals surface area contributed by atoms with Gasteiger partial charge >= 0.3 is 5.97 Å². The number of pyridine rings is 1. The second-order valence-corrected chi connectivity index (χ2v) is 7.29. The zero-order chi connectivity index (χ0) is 22.9. The molecule has 2 aromatic rings. The second kappa shape index (κ2) is 9.03. The highest BCUT2D eigenvalue weighted by atomic mass is 35.5. The lowest BCUT2D eigenvalue weighted by Gasteiger charge is -2.22. The maximum Gasteiger partial charge on any atom is 0.303 e. The fraction of sp³-hybridized carbons (Fsp3) is 0.400. The molecule has 3 rings (SSSR count). The first kappa shape index (κ1) is 22.7. The number of hydrogen-bond acceptors (Lipinski definition) is 7. The molecule has 31 heavy (non-hydrogen) atoms. The van der Waals surface area contributed by atoms with Crippen molar-refractivity contribution in [2.75, 3.05) is 32.8 Å². The number of amides is 2. The molecule has 2 heterocycles. The highest BCUT2D eigenvalue weighted by molar-refractivity contribution is 6.33. The van der Waals surface area contributed by atoms with Crippen molar-refractivity contribution in [1.29, 1.82) is 0 Å². The summed E-state index contributed by atoms with van der Waals surface area (Å²) in [5.74, 6) is -2.20. The lowest BCUT2D eigenvalue weighted by molar-refractivity contribution is -0.145. The van der Waals surface area contributed by atoms with Crippen molar-refractivity contribution in [1.82, 2.24) is 9.88 Å². The van der Waals surface area contributed by atoms with E-state index >= 15 is 4.39 Å². The van der Waals surface area contributed by atoms with Crippen LogP contribution in [0.2, 0.25) is 5.02 Å². The summed E-state index contributed by atoms with van der Waals surface area (Å²) in [6.45, 7) is 2.41. The molecule has 0 aliphatic carbocycles. The lowest BCUT2D eigenvalue weighted by Crippen LogP contribution is -2.31. The third-order valence-electron chi connectivity index (χ3n) is 4.96. The van der Waals surface area contributed by atoms with E-state index in [4.69, 9.17) is 25.8 Å². The molecule has 0 spiro atoms. The number of nitrogens with one attached hydrogen (secondary N) is 1. The van der Waals surface area contributed by atoms with E-state index in [-0.39, 0.29) is 41.2 Å². The van der Waals surface area contributed by atoms with Crippen molar-refractivity contribution < 1.29 is 33.0 Å². The Labute approximate surface area is 182 Å². The van der Waals surface area contributed by atoms with Crippen molar-refractivity contribution in [2.24, 2.45) is 0 Å². The Balaban J connectivity index is 2.16. The number of nitrogens with zero attached hydrogens (tertiary/aromatic N) is 2. The molecule has 0 saturated heterocycles. The number of halogens is 2. The van der Waals surface area contributed by atoms with Gasteiger partial charge in [0.05, 0.1) is 19.7 Å². The first-order valence-corrected chi connectivity index (χ1v) is 9.67. The minimum Gasteiger partial charge on any atom is -0.495 e. The summed E-state index contributed by atoms with van der Waals surface area (Å²) in [5, 5.41) is 2.70. The summed E-state index contributed by atoms with van der Waals surface area (Å²) in [6.07, 6.45) is 0. The molecule has 166 valence electrons. The van der Waals surface area contributed by atoms with Crippen LogP contribution in [0.4, 0.5) is 10.2 Å². The summed E-state index contributed by atoms with van der Waals surface area (Å²) in [6, 6.07) is 1.09. The number of carbonyl (C=O) groups is 3. The third-order valence-corrected chi connectivity index (χ3v) is 5.31. The number of rotatable bonds is 6. The zero-order valence-electron chi connectivity index (χ0n) is 17.4. The quantitative estimate of drug-likeness (QED) is 0.670. The van der Waals surface area contributed by atoms with Gasteiger partial charge in [-0.1, -0.05) is 11.6 Å². The SMILES string of the molecule is COCC(=O)N1Cc2c(NC(=O)COC(C)=O)nc3c(F)c(Cl)c(OC)cc3c2[C@@H]1C. The van der Waals surface area contributed by atoms with E-state index in [0.29, 0.717) is 16.5 Å². The van der Waals surface area contributed by atoms with Crippen LogP contribution in [-0.4, -0.2) is 55.1 Å². The van der Waals surface area contributed by atoms with Gasteiger partial charge in [0.1, 0.15) is 28.7 Å². The highest BCUT2D eigenvalue weighted by Gasteiger charge is 2.36. The Morgan fingerprint density at radius 3 is 2.65 bits per heavy atom. The van der Waals surface area contributed by atoms with E-state index in [2.05, 4.69) is 10.3 Å². The van der Waals surface area contributed by atoms with Gasteiger partial charge in [0.15, 0.2) is 12.4 Å². The Hall–Kier alpha value is -2.98. The number of hydrogen-bond donors (Lipinski definition) is 1. The van der Waals surface area contributed by atoms with E-state index < -0.39 is 30.3 Å². The number of aromatic nitrogens is 1. The molecule has 1 N–H and O–H groups in total. The van der Waals surface area contributed by atoms with Gasteiger partial charge in [-0.15, -0.1) is 0 Å². The fourth-order valence-corrected chi connectivity index (χ4v) is 3.80. The van der Waals surface area contributed by atoms with Gasteiger partial charge in [0.25, 0.3) is 5.91 Å². The molecule has 0 fully saturated rings. The molecule has 1 aliphatic heterocycles. The van der Waals surface area contributed by atoms with Crippen LogP contribution in [-0.2, 0) is 30.4 Å². The molecule has 9 nitrogen and oxygen atoms in total. The molecule has 1 atom stereocenters. The molecule has 1 aromatic carbocycles. The van der Waals surface area contributed by atoms with Crippen LogP contribution < -0.4 is 10.1 Å². The Morgan fingerprint density at radius 1 is 1.32 bits per heavy atom. The number of ether oxygens (including phenoxy) is 3. The summed E-state index contributed by atoms with van der Waals surface area (Å²) in [7, 11) is 2.77. The minimum absolute atomic E-state index is 0.0550. The van der Waals surface area contributed by atoms with Crippen molar-refractivity contribution >= 4 is 46.1 Å². The number of carbonyl (C=O) groups excluding carboxylic acids is 3. The van der Waals surface area contributed by atoms with E-state index in [1.54, 1.807) is 13.0 Å². The van der Waals surface area contributed by atoms with Gasteiger partial charge < -0.3 is 24.4 Å². The van der Waals surface area contributed by atoms with Crippen LogP contribution in [0.25, 0.3) is 10.9 Å². The molecule has 0 unspecified atom stereocenters. The van der Waals surface area contributed by atoms with Gasteiger partial charge in [-0.05, 0) is 18.6 Å². The normalized spacial score (nSPS) is 15.0. The van der Waals surface area contributed by atoms with Crippen molar-refractivity contribution in [2.45, 2.75) is 26.4 Å². The average molecular weight is 454 g/mol.